The summed E-state index contributed by atoms with van der Waals surface area (Å²) in [6, 6.07) is 0. The number of hydrogen-bond acceptors (Lipinski definition) is 3. The molecule has 0 aliphatic carbocycles. The first-order valence-corrected chi connectivity index (χ1v) is 4.44. The van der Waals surface area contributed by atoms with Crippen molar-refractivity contribution >= 4 is 67.1 Å². The summed E-state index contributed by atoms with van der Waals surface area (Å²) in [6.45, 7) is 0. The van der Waals surface area contributed by atoms with Gasteiger partial charge in [0, 0.05) is 19.5 Å². The molecule has 0 heterocycles. The molecule has 12 heteroatoms. The van der Waals surface area contributed by atoms with E-state index in [2.05, 4.69) is 0 Å². The minimum absolute atomic E-state index is 0. The predicted octanol–water partition coefficient (Wildman–Crippen LogP) is -2.50. The third-order valence-electron chi connectivity index (χ3n) is 0. The van der Waals surface area contributed by atoms with Gasteiger partial charge < -0.3 is 14.7 Å². The molecule has 0 atom stereocenters. The van der Waals surface area contributed by atoms with Crippen LogP contribution in [0.15, 0.2) is 0 Å². The van der Waals surface area contributed by atoms with Crippen molar-refractivity contribution in [1.82, 2.24) is 0 Å². The van der Waals surface area contributed by atoms with E-state index in [4.69, 9.17) is 36.8 Å². The smallest absolute Gasteiger partial charge is 0 e. The zero-order valence-electron chi connectivity index (χ0n) is 5.02. The molecule has 12 heavy (non-hydrogen) atoms. The van der Waals surface area contributed by atoms with Gasteiger partial charge in [-0.2, -0.15) is 8.42 Å². The number of rotatable bonds is 0. The fourth-order valence-electron chi connectivity index (χ4n) is 0. The first-order chi connectivity index (χ1) is 4.00. The van der Waals surface area contributed by atoms with E-state index in [1.165, 1.54) is 0 Å². The van der Waals surface area contributed by atoms with E-state index in [1.54, 1.807) is 0 Å². The van der Waals surface area contributed by atoms with Crippen LogP contribution >= 0.6 is 7.82 Å². The van der Waals surface area contributed by atoms with Gasteiger partial charge in [-0.05, 0) is 0 Å². The number of phosphoric acid groups is 1. The normalized spacial score (nSPS) is 9.75. The summed E-state index contributed by atoms with van der Waals surface area (Å²) < 4.78 is 40.5. The second-order valence-corrected chi connectivity index (χ2v) is 2.88. The van der Waals surface area contributed by atoms with Crippen molar-refractivity contribution < 1.29 is 56.2 Å². The van der Waals surface area contributed by atoms with E-state index in [0.717, 1.165) is 0 Å². The topological polar surface area (TPSA) is 152 Å². The van der Waals surface area contributed by atoms with Crippen LogP contribution in [0.3, 0.4) is 0 Å². The van der Waals surface area contributed by atoms with Gasteiger partial charge in [0.05, 0.1) is 0 Å². The predicted molar refractivity (Wildman–Crippen MR) is 37.0 cm³/mol. The summed E-state index contributed by atoms with van der Waals surface area (Å²) in [5, 5.41) is 0. The SMILES string of the molecule is O=P(O)(O)O.O=S(=O)(O)O.[BaH2].[Zn]. The first-order valence-electron chi connectivity index (χ1n) is 1.48. The molecule has 0 bridgehead atoms. The monoisotopic (exact) mass is 400 g/mol. The Morgan fingerprint density at radius 2 is 1.00 bits per heavy atom. The summed E-state index contributed by atoms with van der Waals surface area (Å²) in [6.07, 6.45) is 0. The molecule has 0 aliphatic heterocycles. The molecule has 0 rings (SSSR count). The third kappa shape index (κ3) is 321. The van der Waals surface area contributed by atoms with Gasteiger partial charge in [-0.25, -0.2) is 4.57 Å². The van der Waals surface area contributed by atoms with Crippen LogP contribution in [-0.2, 0) is 34.4 Å². The van der Waals surface area contributed by atoms with E-state index < -0.39 is 18.2 Å². The van der Waals surface area contributed by atoms with Crippen LogP contribution in [0.4, 0.5) is 0 Å². The molecule has 0 saturated carbocycles. The fraction of sp³-hybridized carbons (Fsp3) is 0. The van der Waals surface area contributed by atoms with Crippen LogP contribution in [0, 0.1) is 0 Å². The average molecular weight is 401 g/mol. The van der Waals surface area contributed by atoms with E-state index in [-0.39, 0.29) is 68.4 Å². The Hall–Kier alpha value is 2.17. The van der Waals surface area contributed by atoms with Crippen LogP contribution in [-0.4, -0.2) is 81.1 Å². The first kappa shape index (κ1) is 23.8. The summed E-state index contributed by atoms with van der Waals surface area (Å²) in [4.78, 5) is 21.6. The van der Waals surface area contributed by atoms with Crippen LogP contribution < -0.4 is 0 Å². The molecule has 0 saturated heterocycles. The van der Waals surface area contributed by atoms with Crippen molar-refractivity contribution in [3.63, 3.8) is 0 Å². The Bertz CT molecular complexity index is 197. The molecule has 0 aromatic carbocycles. The standard InChI is InChI=1S/Ba.H3O4P.H2O4S.Zn.2H/c;2*1-5(2,3)4;;;/h;(H3,1,2,3,4);(H2,1,2,3,4);;;. The zero-order chi connectivity index (χ0) is 9.00. The van der Waals surface area contributed by atoms with Crippen LogP contribution in [0.1, 0.15) is 0 Å². The van der Waals surface area contributed by atoms with E-state index in [9.17, 15) is 0 Å². The molecular formula is H7BaO8PSZn. The summed E-state index contributed by atoms with van der Waals surface area (Å²) >= 11 is 0. The molecule has 0 amide bonds. The van der Waals surface area contributed by atoms with Gasteiger partial charge in [-0.1, -0.05) is 0 Å². The fourth-order valence-corrected chi connectivity index (χ4v) is 0. The van der Waals surface area contributed by atoms with Gasteiger partial charge in [-0.3, -0.25) is 9.11 Å². The Kier molecular flexibility index (Phi) is 19.2. The molecular weight excluding hydrogens is 394 g/mol. The molecule has 0 aliphatic rings. The van der Waals surface area contributed by atoms with Crippen molar-refractivity contribution in [2.45, 2.75) is 0 Å². The van der Waals surface area contributed by atoms with Crippen LogP contribution in [0.5, 0.6) is 0 Å². The molecule has 5 N–H and O–H groups in total. The van der Waals surface area contributed by atoms with E-state index in [1.807, 2.05) is 0 Å². The van der Waals surface area contributed by atoms with Gasteiger partial charge in [0.15, 0.2) is 0 Å². The molecule has 0 spiro atoms. The Morgan fingerprint density at radius 1 is 1.00 bits per heavy atom. The molecule has 0 aromatic rings. The summed E-state index contributed by atoms with van der Waals surface area (Å²) in [5.41, 5.74) is 0. The Balaban J connectivity index is -0.0000000457. The van der Waals surface area contributed by atoms with Gasteiger partial charge in [0.25, 0.3) is 0 Å². The number of hydrogen-bond donors (Lipinski definition) is 5. The molecule has 0 fully saturated rings. The molecule has 70 valence electrons. The maximum Gasteiger partial charge on any atom is 0 e. The Morgan fingerprint density at radius 3 is 1.00 bits per heavy atom. The summed E-state index contributed by atoms with van der Waals surface area (Å²) in [7, 11) is -9.31. The minimum atomic E-state index is -4.67. The van der Waals surface area contributed by atoms with Crippen molar-refractivity contribution in [3.05, 3.63) is 0 Å². The average Bonchev–Trinajstić information content (AvgIpc) is 1.12. The van der Waals surface area contributed by atoms with Crippen LogP contribution in [0.25, 0.3) is 0 Å². The minimum Gasteiger partial charge on any atom is 0 e. The van der Waals surface area contributed by atoms with E-state index >= 15 is 0 Å². The molecule has 0 unspecified atom stereocenters. The van der Waals surface area contributed by atoms with Gasteiger partial charge in [-0.15, -0.1) is 0 Å². The quantitative estimate of drug-likeness (QED) is 0.170. The van der Waals surface area contributed by atoms with Gasteiger partial charge in [0.1, 0.15) is 0 Å². The van der Waals surface area contributed by atoms with Gasteiger partial charge in [0.2, 0.25) is 0 Å². The zero-order valence-corrected chi connectivity index (χ0v) is 9.70. The largest absolute Gasteiger partial charge is 0 e. The summed E-state index contributed by atoms with van der Waals surface area (Å²) in [5.74, 6) is 0. The van der Waals surface area contributed by atoms with Crippen molar-refractivity contribution in [2.75, 3.05) is 0 Å². The van der Waals surface area contributed by atoms with Crippen LogP contribution in [0.2, 0.25) is 0 Å². The van der Waals surface area contributed by atoms with Crippen molar-refractivity contribution in [2.24, 2.45) is 0 Å². The second kappa shape index (κ2) is 9.72. The maximum absolute atomic E-state index is 8.88. The second-order valence-electron chi connectivity index (χ2n) is 0.961. The van der Waals surface area contributed by atoms with Gasteiger partial charge >= 0.3 is 67.1 Å². The van der Waals surface area contributed by atoms with Crippen molar-refractivity contribution in [3.8, 4) is 0 Å². The molecule has 0 aromatic heterocycles. The van der Waals surface area contributed by atoms with E-state index in [0.29, 0.717) is 0 Å². The van der Waals surface area contributed by atoms with Crippen molar-refractivity contribution in [1.29, 1.82) is 0 Å². The molecule has 8 nitrogen and oxygen atoms in total. The maximum atomic E-state index is 8.88. The molecule has 0 radical (unpaired) electrons. The Labute approximate surface area is 121 Å². The third-order valence-corrected chi connectivity index (χ3v) is 0.